The Labute approximate surface area is 95.0 Å². The highest BCUT2D eigenvalue weighted by atomic mass is 16.5. The van der Waals surface area contributed by atoms with Gasteiger partial charge in [-0.05, 0) is 38.6 Å². The Morgan fingerprint density at radius 2 is 2.25 bits per heavy atom. The lowest BCUT2D eigenvalue weighted by Crippen LogP contribution is -2.34. The molecule has 2 N–H and O–H groups in total. The molecule has 1 aromatic rings. The molecule has 0 spiro atoms. The number of benzene rings is 1. The number of hydrogen-bond donors (Lipinski definition) is 2. The summed E-state index contributed by atoms with van der Waals surface area (Å²) >= 11 is 0. The molecule has 1 aliphatic rings. The molecule has 1 heterocycles. The van der Waals surface area contributed by atoms with Crippen LogP contribution in [0.1, 0.15) is 25.5 Å². The molecular weight excluding hydrogens is 204 g/mol. The molecule has 0 aromatic heterocycles. The van der Waals surface area contributed by atoms with Gasteiger partial charge in [0.25, 0.3) is 5.91 Å². The minimum Gasteiger partial charge on any atom is -0.479 e. The van der Waals surface area contributed by atoms with E-state index < -0.39 is 6.10 Å². The molecule has 2 atom stereocenters. The SMILES string of the molecule is CNC(C)c1ccc2c(c1)NC(=O)C(C)O2. The highest BCUT2D eigenvalue weighted by Crippen LogP contribution is 2.31. The fourth-order valence-corrected chi connectivity index (χ4v) is 1.66. The number of ether oxygens (including phenoxy) is 1. The molecule has 0 bridgehead atoms. The van der Waals surface area contributed by atoms with Crippen molar-refractivity contribution in [3.8, 4) is 5.75 Å². The molecule has 2 unspecified atom stereocenters. The van der Waals surface area contributed by atoms with Crippen LogP contribution in [0, 0.1) is 0 Å². The van der Waals surface area contributed by atoms with E-state index in [2.05, 4.69) is 17.6 Å². The van der Waals surface area contributed by atoms with Crippen molar-refractivity contribution in [3.63, 3.8) is 0 Å². The number of carbonyl (C=O) groups is 1. The first-order chi connectivity index (χ1) is 7.61. The van der Waals surface area contributed by atoms with Crippen LogP contribution in [0.5, 0.6) is 5.75 Å². The summed E-state index contributed by atoms with van der Waals surface area (Å²) in [6.45, 7) is 3.80. The molecule has 4 nitrogen and oxygen atoms in total. The minimum absolute atomic E-state index is 0.0956. The molecular formula is C12H16N2O2. The summed E-state index contributed by atoms with van der Waals surface area (Å²) in [5.74, 6) is 0.640. The first-order valence-corrected chi connectivity index (χ1v) is 5.40. The van der Waals surface area contributed by atoms with Crippen LogP contribution in [0.4, 0.5) is 5.69 Å². The van der Waals surface area contributed by atoms with Crippen LogP contribution < -0.4 is 15.4 Å². The maximum absolute atomic E-state index is 11.5. The third-order valence-corrected chi connectivity index (χ3v) is 2.87. The summed E-state index contributed by atoms with van der Waals surface area (Å²) in [6, 6.07) is 6.10. The van der Waals surface area contributed by atoms with Gasteiger partial charge in [-0.2, -0.15) is 0 Å². The smallest absolute Gasteiger partial charge is 0.265 e. The van der Waals surface area contributed by atoms with Gasteiger partial charge < -0.3 is 15.4 Å². The second kappa shape index (κ2) is 4.14. The number of hydrogen-bond acceptors (Lipinski definition) is 3. The lowest BCUT2D eigenvalue weighted by molar-refractivity contribution is -0.122. The maximum Gasteiger partial charge on any atom is 0.265 e. The molecule has 0 saturated heterocycles. The molecule has 1 aliphatic heterocycles. The van der Waals surface area contributed by atoms with Crippen LogP contribution in [-0.2, 0) is 4.79 Å². The van der Waals surface area contributed by atoms with E-state index in [-0.39, 0.29) is 11.9 Å². The zero-order valence-corrected chi connectivity index (χ0v) is 9.70. The second-order valence-corrected chi connectivity index (χ2v) is 4.02. The Bertz CT molecular complexity index is 417. The lowest BCUT2D eigenvalue weighted by Gasteiger charge is -2.24. The number of carbonyl (C=O) groups excluding carboxylic acids is 1. The third-order valence-electron chi connectivity index (χ3n) is 2.87. The summed E-state index contributed by atoms with van der Waals surface area (Å²) in [5.41, 5.74) is 1.88. The van der Waals surface area contributed by atoms with Crippen LogP contribution in [0.2, 0.25) is 0 Å². The van der Waals surface area contributed by atoms with Crippen LogP contribution in [0.3, 0.4) is 0 Å². The van der Waals surface area contributed by atoms with Crippen LogP contribution in [0.15, 0.2) is 18.2 Å². The van der Waals surface area contributed by atoms with Crippen molar-refractivity contribution in [1.82, 2.24) is 5.32 Å². The first kappa shape index (κ1) is 11.0. The van der Waals surface area contributed by atoms with Gasteiger partial charge in [0, 0.05) is 6.04 Å². The van der Waals surface area contributed by atoms with Gasteiger partial charge in [-0.1, -0.05) is 6.07 Å². The standard InChI is InChI=1S/C12H16N2O2/c1-7(13-3)9-4-5-11-10(6-9)14-12(15)8(2)16-11/h4-8,13H,1-3H3,(H,14,15). The number of nitrogens with one attached hydrogen (secondary N) is 2. The first-order valence-electron chi connectivity index (χ1n) is 5.40. The second-order valence-electron chi connectivity index (χ2n) is 4.02. The highest BCUT2D eigenvalue weighted by Gasteiger charge is 2.23. The van der Waals surface area contributed by atoms with E-state index in [0.717, 1.165) is 17.0 Å². The Balaban J connectivity index is 2.32. The molecule has 1 amide bonds. The molecule has 0 saturated carbocycles. The minimum atomic E-state index is -0.417. The zero-order chi connectivity index (χ0) is 11.7. The van der Waals surface area contributed by atoms with Crippen molar-refractivity contribution >= 4 is 11.6 Å². The number of amides is 1. The predicted octanol–water partition coefficient (Wildman–Crippen LogP) is 1.69. The molecule has 0 radical (unpaired) electrons. The third kappa shape index (κ3) is 1.88. The van der Waals surface area contributed by atoms with E-state index in [1.54, 1.807) is 6.92 Å². The zero-order valence-electron chi connectivity index (χ0n) is 9.70. The van der Waals surface area contributed by atoms with Crippen molar-refractivity contribution in [1.29, 1.82) is 0 Å². The molecule has 4 heteroatoms. The summed E-state index contributed by atoms with van der Waals surface area (Å²) in [4.78, 5) is 11.5. The number of rotatable bonds is 2. The molecule has 0 fully saturated rings. The van der Waals surface area contributed by atoms with Crippen LogP contribution >= 0.6 is 0 Å². The van der Waals surface area contributed by atoms with Crippen molar-refractivity contribution in [2.24, 2.45) is 0 Å². The van der Waals surface area contributed by atoms with E-state index in [9.17, 15) is 4.79 Å². The molecule has 2 rings (SSSR count). The van der Waals surface area contributed by atoms with Gasteiger partial charge >= 0.3 is 0 Å². The summed E-state index contributed by atoms with van der Waals surface area (Å²) < 4.78 is 5.48. The fraction of sp³-hybridized carbons (Fsp3) is 0.417. The van der Waals surface area contributed by atoms with Crippen molar-refractivity contribution in [2.45, 2.75) is 26.0 Å². The average molecular weight is 220 g/mol. The lowest BCUT2D eigenvalue weighted by atomic mass is 10.1. The highest BCUT2D eigenvalue weighted by molar-refractivity contribution is 5.97. The van der Waals surface area contributed by atoms with Gasteiger partial charge in [-0.15, -0.1) is 0 Å². The van der Waals surface area contributed by atoms with E-state index in [1.165, 1.54) is 0 Å². The molecule has 1 aromatic carbocycles. The van der Waals surface area contributed by atoms with Gasteiger partial charge in [0.1, 0.15) is 5.75 Å². The normalized spacial score (nSPS) is 20.7. The predicted molar refractivity (Wildman–Crippen MR) is 62.6 cm³/mol. The monoisotopic (exact) mass is 220 g/mol. The van der Waals surface area contributed by atoms with Gasteiger partial charge in [-0.3, -0.25) is 4.79 Å². The van der Waals surface area contributed by atoms with Gasteiger partial charge in [-0.25, -0.2) is 0 Å². The quantitative estimate of drug-likeness (QED) is 0.797. The van der Waals surface area contributed by atoms with Crippen LogP contribution in [0.25, 0.3) is 0 Å². The van der Waals surface area contributed by atoms with E-state index in [0.29, 0.717) is 0 Å². The van der Waals surface area contributed by atoms with Crippen LogP contribution in [-0.4, -0.2) is 19.1 Å². The number of fused-ring (bicyclic) bond motifs is 1. The summed E-state index contributed by atoms with van der Waals surface area (Å²) in [7, 11) is 1.90. The molecule has 86 valence electrons. The largest absolute Gasteiger partial charge is 0.479 e. The van der Waals surface area contributed by atoms with Crippen molar-refractivity contribution < 1.29 is 9.53 Å². The Kier molecular flexibility index (Phi) is 2.83. The Morgan fingerprint density at radius 3 is 2.94 bits per heavy atom. The molecule has 16 heavy (non-hydrogen) atoms. The molecule has 0 aliphatic carbocycles. The Hall–Kier alpha value is -1.55. The summed E-state index contributed by atoms with van der Waals surface area (Å²) in [5, 5.41) is 5.99. The van der Waals surface area contributed by atoms with E-state index in [4.69, 9.17) is 4.74 Å². The number of anilines is 1. The van der Waals surface area contributed by atoms with Crippen molar-refractivity contribution in [2.75, 3.05) is 12.4 Å². The Morgan fingerprint density at radius 1 is 1.50 bits per heavy atom. The van der Waals surface area contributed by atoms with Crippen molar-refractivity contribution in [3.05, 3.63) is 23.8 Å². The van der Waals surface area contributed by atoms with Gasteiger partial charge in [0.05, 0.1) is 5.69 Å². The summed E-state index contributed by atoms with van der Waals surface area (Å²) in [6.07, 6.45) is -0.417. The van der Waals surface area contributed by atoms with Gasteiger partial charge in [0.2, 0.25) is 0 Å². The maximum atomic E-state index is 11.5. The topological polar surface area (TPSA) is 50.4 Å². The fourth-order valence-electron chi connectivity index (χ4n) is 1.66. The van der Waals surface area contributed by atoms with E-state index >= 15 is 0 Å². The average Bonchev–Trinajstić information content (AvgIpc) is 2.29. The van der Waals surface area contributed by atoms with E-state index in [1.807, 2.05) is 25.2 Å². The van der Waals surface area contributed by atoms with Gasteiger partial charge in [0.15, 0.2) is 6.10 Å².